The van der Waals surface area contributed by atoms with Crippen molar-refractivity contribution in [1.29, 1.82) is 0 Å². The predicted octanol–water partition coefficient (Wildman–Crippen LogP) is 2.87. The Morgan fingerprint density at radius 2 is 2.20 bits per heavy atom. The van der Waals surface area contributed by atoms with Gasteiger partial charge in [0, 0.05) is 10.0 Å². The molecule has 1 aromatic heterocycles. The molecule has 2 rings (SSSR count). The number of halogens is 2. The number of hydrogen-bond donors (Lipinski definition) is 2. The highest BCUT2D eigenvalue weighted by Gasteiger charge is 2.12. The Morgan fingerprint density at radius 1 is 1.47 bits per heavy atom. The molecule has 5 heteroatoms. The molecule has 0 aliphatic carbocycles. The highest BCUT2D eigenvalue weighted by molar-refractivity contribution is 9.10. The number of nitrogens with two attached hydrogens (primary N) is 1. The summed E-state index contributed by atoms with van der Waals surface area (Å²) in [5.41, 5.74) is 7.40. The van der Waals surface area contributed by atoms with Crippen molar-refractivity contribution < 1.29 is 4.39 Å². The lowest BCUT2D eigenvalue weighted by Crippen LogP contribution is -1.88. The maximum atomic E-state index is 13.4. The largest absolute Gasteiger partial charge is 0.380 e. The summed E-state index contributed by atoms with van der Waals surface area (Å²) in [6, 6.07) is 5.52. The molecule has 1 aromatic carbocycles. The van der Waals surface area contributed by atoms with E-state index in [0.717, 1.165) is 15.6 Å². The Kier molecular flexibility index (Phi) is 2.48. The molecular formula is C10H9BrFN3. The van der Waals surface area contributed by atoms with E-state index in [0.29, 0.717) is 5.69 Å². The highest BCUT2D eigenvalue weighted by Crippen LogP contribution is 2.27. The summed E-state index contributed by atoms with van der Waals surface area (Å²) in [6.45, 7) is 1.94. The van der Waals surface area contributed by atoms with E-state index < -0.39 is 5.82 Å². The molecule has 0 fully saturated rings. The van der Waals surface area contributed by atoms with E-state index in [-0.39, 0.29) is 5.82 Å². The van der Waals surface area contributed by atoms with Crippen molar-refractivity contribution in [3.63, 3.8) is 0 Å². The summed E-state index contributed by atoms with van der Waals surface area (Å²) in [6.07, 6.45) is 0. The molecule has 0 unspecified atom stereocenters. The monoisotopic (exact) mass is 269 g/mol. The van der Waals surface area contributed by atoms with Crippen LogP contribution < -0.4 is 5.73 Å². The zero-order valence-electron chi connectivity index (χ0n) is 8.01. The second-order valence-electron chi connectivity index (χ2n) is 3.26. The maximum Gasteiger partial charge on any atom is 0.192 e. The van der Waals surface area contributed by atoms with E-state index in [4.69, 9.17) is 5.73 Å². The van der Waals surface area contributed by atoms with Crippen LogP contribution in [0.4, 0.5) is 10.2 Å². The molecule has 0 bridgehead atoms. The van der Waals surface area contributed by atoms with Gasteiger partial charge in [0.1, 0.15) is 5.69 Å². The number of hydrogen-bond acceptors (Lipinski definition) is 2. The standard InChI is InChI=1S/C10H9BrFN3/c1-5-4-6(2-3-7(5)11)9-8(12)10(13)15-14-9/h2-4H,1H3,(H3,13,14,15). The lowest BCUT2D eigenvalue weighted by atomic mass is 10.1. The first kappa shape index (κ1) is 10.2. The summed E-state index contributed by atoms with van der Waals surface area (Å²) in [5, 5.41) is 6.18. The third-order valence-corrected chi connectivity index (χ3v) is 3.07. The number of aryl methyl sites for hydroxylation is 1. The molecule has 15 heavy (non-hydrogen) atoms. The van der Waals surface area contributed by atoms with Crippen molar-refractivity contribution in [2.75, 3.05) is 5.73 Å². The smallest absolute Gasteiger partial charge is 0.192 e. The first-order valence-electron chi connectivity index (χ1n) is 4.35. The zero-order chi connectivity index (χ0) is 11.0. The number of nitrogens with one attached hydrogen (secondary N) is 1. The van der Waals surface area contributed by atoms with Gasteiger partial charge in [-0.15, -0.1) is 0 Å². The second-order valence-corrected chi connectivity index (χ2v) is 4.12. The summed E-state index contributed by atoms with van der Waals surface area (Å²) >= 11 is 3.38. The van der Waals surface area contributed by atoms with E-state index in [1.807, 2.05) is 19.1 Å². The van der Waals surface area contributed by atoms with Gasteiger partial charge in [-0.1, -0.05) is 22.0 Å². The minimum Gasteiger partial charge on any atom is -0.380 e. The van der Waals surface area contributed by atoms with Gasteiger partial charge < -0.3 is 5.73 Å². The number of benzene rings is 1. The molecule has 0 atom stereocenters. The number of aromatic amines is 1. The number of anilines is 1. The third kappa shape index (κ3) is 1.74. The first-order chi connectivity index (χ1) is 7.09. The molecule has 0 aliphatic heterocycles. The van der Waals surface area contributed by atoms with Gasteiger partial charge in [0.2, 0.25) is 0 Å². The van der Waals surface area contributed by atoms with Crippen molar-refractivity contribution in [3.8, 4) is 11.3 Å². The summed E-state index contributed by atoms with van der Waals surface area (Å²) in [7, 11) is 0. The van der Waals surface area contributed by atoms with Gasteiger partial charge in [-0.2, -0.15) is 5.10 Å². The van der Waals surface area contributed by atoms with Gasteiger partial charge in [-0.05, 0) is 24.6 Å². The Morgan fingerprint density at radius 3 is 2.73 bits per heavy atom. The quantitative estimate of drug-likeness (QED) is 0.837. The zero-order valence-corrected chi connectivity index (χ0v) is 9.60. The van der Waals surface area contributed by atoms with Crippen molar-refractivity contribution >= 4 is 21.7 Å². The van der Waals surface area contributed by atoms with Crippen LogP contribution in [0.25, 0.3) is 11.3 Å². The molecule has 0 amide bonds. The number of nitrogen functional groups attached to an aromatic ring is 1. The van der Waals surface area contributed by atoms with Crippen LogP contribution in [0.3, 0.4) is 0 Å². The van der Waals surface area contributed by atoms with Gasteiger partial charge >= 0.3 is 0 Å². The molecule has 0 radical (unpaired) electrons. The fourth-order valence-corrected chi connectivity index (χ4v) is 1.58. The summed E-state index contributed by atoms with van der Waals surface area (Å²) in [4.78, 5) is 0. The highest BCUT2D eigenvalue weighted by atomic mass is 79.9. The fourth-order valence-electron chi connectivity index (χ4n) is 1.33. The van der Waals surface area contributed by atoms with Gasteiger partial charge in [0.25, 0.3) is 0 Å². The third-order valence-electron chi connectivity index (χ3n) is 2.18. The fraction of sp³-hybridized carbons (Fsp3) is 0.100. The number of nitrogens with zero attached hydrogens (tertiary/aromatic N) is 1. The van der Waals surface area contributed by atoms with Crippen molar-refractivity contribution in [2.24, 2.45) is 0 Å². The first-order valence-corrected chi connectivity index (χ1v) is 5.14. The van der Waals surface area contributed by atoms with Crippen LogP contribution in [0.5, 0.6) is 0 Å². The van der Waals surface area contributed by atoms with E-state index in [2.05, 4.69) is 26.1 Å². The van der Waals surface area contributed by atoms with Crippen molar-refractivity contribution in [2.45, 2.75) is 6.92 Å². The topological polar surface area (TPSA) is 54.7 Å². The van der Waals surface area contributed by atoms with E-state index >= 15 is 0 Å². The van der Waals surface area contributed by atoms with Crippen LogP contribution in [-0.2, 0) is 0 Å². The molecule has 3 N–H and O–H groups in total. The molecule has 1 heterocycles. The molecule has 0 saturated heterocycles. The number of H-pyrrole nitrogens is 1. The Labute approximate surface area is 94.6 Å². The van der Waals surface area contributed by atoms with Gasteiger partial charge in [-0.3, -0.25) is 5.10 Å². The average molecular weight is 270 g/mol. The van der Waals surface area contributed by atoms with Crippen LogP contribution >= 0.6 is 15.9 Å². The number of rotatable bonds is 1. The molecule has 78 valence electrons. The Hall–Kier alpha value is -1.36. The van der Waals surface area contributed by atoms with Gasteiger partial charge in [0.05, 0.1) is 0 Å². The second kappa shape index (κ2) is 3.66. The van der Waals surface area contributed by atoms with Gasteiger partial charge in [0.15, 0.2) is 11.6 Å². The normalized spacial score (nSPS) is 10.6. The molecule has 0 spiro atoms. The van der Waals surface area contributed by atoms with E-state index in [9.17, 15) is 4.39 Å². The summed E-state index contributed by atoms with van der Waals surface area (Å²) in [5.74, 6) is -0.609. The minimum atomic E-state index is -0.503. The van der Waals surface area contributed by atoms with Crippen LogP contribution in [0.2, 0.25) is 0 Å². The van der Waals surface area contributed by atoms with Crippen molar-refractivity contribution in [1.82, 2.24) is 10.2 Å². The maximum absolute atomic E-state index is 13.4. The average Bonchev–Trinajstić information content (AvgIpc) is 2.53. The molecule has 0 aliphatic rings. The Bertz CT molecular complexity index is 507. The predicted molar refractivity (Wildman–Crippen MR) is 60.8 cm³/mol. The number of aromatic nitrogens is 2. The van der Waals surface area contributed by atoms with E-state index in [1.165, 1.54) is 0 Å². The Balaban J connectivity index is 2.55. The lowest BCUT2D eigenvalue weighted by Gasteiger charge is -2.01. The van der Waals surface area contributed by atoms with Gasteiger partial charge in [-0.25, -0.2) is 4.39 Å². The molecule has 2 aromatic rings. The molecule has 3 nitrogen and oxygen atoms in total. The lowest BCUT2D eigenvalue weighted by molar-refractivity contribution is 0.636. The van der Waals surface area contributed by atoms with Crippen molar-refractivity contribution in [3.05, 3.63) is 34.1 Å². The van der Waals surface area contributed by atoms with Crippen LogP contribution in [-0.4, -0.2) is 10.2 Å². The summed E-state index contributed by atoms with van der Waals surface area (Å²) < 4.78 is 14.4. The van der Waals surface area contributed by atoms with Crippen LogP contribution in [0.15, 0.2) is 22.7 Å². The minimum absolute atomic E-state index is 0.106. The van der Waals surface area contributed by atoms with Crippen LogP contribution in [0.1, 0.15) is 5.56 Å². The van der Waals surface area contributed by atoms with E-state index in [1.54, 1.807) is 6.07 Å². The molecule has 0 saturated carbocycles. The SMILES string of the molecule is Cc1cc(-c2[nH]nc(N)c2F)ccc1Br. The van der Waals surface area contributed by atoms with Crippen LogP contribution in [0, 0.1) is 12.7 Å². The molecular weight excluding hydrogens is 261 g/mol.